The number of carbonyl (C=O) groups excluding carboxylic acids is 1. The van der Waals surface area contributed by atoms with E-state index in [-0.39, 0.29) is 23.9 Å². The van der Waals surface area contributed by atoms with Crippen LogP contribution in [0.1, 0.15) is 56.0 Å². The van der Waals surface area contributed by atoms with Gasteiger partial charge in [-0.2, -0.15) is 5.10 Å². The van der Waals surface area contributed by atoms with Gasteiger partial charge in [-0.15, -0.1) is 11.3 Å². The van der Waals surface area contributed by atoms with E-state index >= 15 is 0 Å². The Kier molecular flexibility index (Phi) is 5.30. The van der Waals surface area contributed by atoms with E-state index in [1.807, 2.05) is 4.68 Å². The summed E-state index contributed by atoms with van der Waals surface area (Å²) < 4.78 is 3.38. The third kappa shape index (κ3) is 3.48. The van der Waals surface area contributed by atoms with Gasteiger partial charge in [-0.1, -0.05) is 6.92 Å². The number of thiophene rings is 1. The largest absolute Gasteiger partial charge is 0.311 e. The van der Waals surface area contributed by atoms with Crippen molar-refractivity contribution in [1.29, 1.82) is 0 Å². The molecule has 0 fully saturated rings. The summed E-state index contributed by atoms with van der Waals surface area (Å²) in [6.07, 6.45) is 8.70. The number of rotatable bonds is 6. The molecule has 8 heteroatoms. The van der Waals surface area contributed by atoms with E-state index in [1.54, 1.807) is 34.5 Å². The van der Waals surface area contributed by atoms with Gasteiger partial charge in [0, 0.05) is 23.9 Å². The summed E-state index contributed by atoms with van der Waals surface area (Å²) >= 11 is 1.64. The Labute approximate surface area is 167 Å². The molecule has 0 aliphatic heterocycles. The van der Waals surface area contributed by atoms with E-state index in [1.165, 1.54) is 16.9 Å². The Morgan fingerprint density at radius 3 is 3.00 bits per heavy atom. The number of amides is 1. The van der Waals surface area contributed by atoms with Crippen molar-refractivity contribution in [1.82, 2.24) is 19.3 Å². The highest BCUT2D eigenvalue weighted by molar-refractivity contribution is 7.18. The van der Waals surface area contributed by atoms with E-state index in [0.29, 0.717) is 12.4 Å². The lowest BCUT2D eigenvalue weighted by atomic mass is 9.97. The predicted octanol–water partition coefficient (Wildman–Crippen LogP) is 3.53. The minimum absolute atomic E-state index is 0.0261. The van der Waals surface area contributed by atoms with Crippen molar-refractivity contribution >= 4 is 33.3 Å². The first-order valence-corrected chi connectivity index (χ1v) is 10.7. The normalized spacial score (nSPS) is 14.8. The van der Waals surface area contributed by atoms with Gasteiger partial charge in [0.25, 0.3) is 5.56 Å². The van der Waals surface area contributed by atoms with Crippen LogP contribution in [0.3, 0.4) is 0 Å². The maximum Gasteiger partial charge on any atom is 0.262 e. The minimum Gasteiger partial charge on any atom is -0.311 e. The van der Waals surface area contributed by atoms with Crippen molar-refractivity contribution in [2.24, 2.45) is 0 Å². The molecule has 148 valence electrons. The molecule has 1 aliphatic rings. The number of hydrogen-bond acceptors (Lipinski definition) is 5. The Morgan fingerprint density at radius 2 is 2.18 bits per heavy atom. The number of nitrogens with one attached hydrogen (secondary N) is 1. The maximum absolute atomic E-state index is 13.0. The van der Waals surface area contributed by atoms with E-state index < -0.39 is 0 Å². The van der Waals surface area contributed by atoms with Crippen molar-refractivity contribution in [2.75, 3.05) is 5.32 Å². The SMILES string of the molecule is CCC(C)n1nccc1NC(=O)CCn1cnc2sc3c(c2c1=O)CCCC3. The number of hydrogen-bond donors (Lipinski definition) is 1. The van der Waals surface area contributed by atoms with Crippen LogP contribution in [0.5, 0.6) is 0 Å². The lowest BCUT2D eigenvalue weighted by Gasteiger charge is -2.14. The third-order valence-corrected chi connectivity index (χ3v) is 6.67. The zero-order valence-corrected chi connectivity index (χ0v) is 17.1. The zero-order chi connectivity index (χ0) is 19.7. The zero-order valence-electron chi connectivity index (χ0n) is 16.3. The average molecular weight is 400 g/mol. The molecule has 3 aromatic rings. The fourth-order valence-electron chi connectivity index (χ4n) is 3.71. The van der Waals surface area contributed by atoms with Gasteiger partial charge < -0.3 is 5.32 Å². The second-order valence-electron chi connectivity index (χ2n) is 7.35. The topological polar surface area (TPSA) is 81.8 Å². The van der Waals surface area contributed by atoms with Crippen molar-refractivity contribution in [3.05, 3.63) is 39.4 Å². The molecule has 4 rings (SSSR count). The molecule has 1 unspecified atom stereocenters. The third-order valence-electron chi connectivity index (χ3n) is 5.47. The van der Waals surface area contributed by atoms with Crippen LogP contribution in [0.4, 0.5) is 5.82 Å². The molecule has 1 aliphatic carbocycles. The average Bonchev–Trinajstić information content (AvgIpc) is 3.31. The van der Waals surface area contributed by atoms with Gasteiger partial charge in [0.15, 0.2) is 0 Å². The monoisotopic (exact) mass is 399 g/mol. The Morgan fingerprint density at radius 1 is 1.36 bits per heavy atom. The van der Waals surface area contributed by atoms with Crippen LogP contribution >= 0.6 is 11.3 Å². The summed E-state index contributed by atoms with van der Waals surface area (Å²) in [7, 11) is 0. The first-order chi connectivity index (χ1) is 13.6. The minimum atomic E-state index is -0.135. The quantitative estimate of drug-likeness (QED) is 0.687. The number of aryl methyl sites for hydroxylation is 3. The first-order valence-electron chi connectivity index (χ1n) is 9.91. The molecule has 1 amide bonds. The van der Waals surface area contributed by atoms with Gasteiger partial charge in [0.2, 0.25) is 5.91 Å². The van der Waals surface area contributed by atoms with Crippen LogP contribution < -0.4 is 10.9 Å². The van der Waals surface area contributed by atoms with Crippen LogP contribution in [0.2, 0.25) is 0 Å². The summed E-state index contributed by atoms with van der Waals surface area (Å²) in [5.41, 5.74) is 1.15. The van der Waals surface area contributed by atoms with Crippen LogP contribution in [0.15, 0.2) is 23.4 Å². The molecule has 0 spiro atoms. The molecule has 1 atom stereocenters. The van der Waals surface area contributed by atoms with Crippen LogP contribution in [0, 0.1) is 0 Å². The number of aromatic nitrogens is 4. The van der Waals surface area contributed by atoms with E-state index in [4.69, 9.17) is 0 Å². The fraction of sp³-hybridized carbons (Fsp3) is 0.500. The van der Waals surface area contributed by atoms with Crippen LogP contribution in [0.25, 0.3) is 10.2 Å². The Hall–Kier alpha value is -2.48. The van der Waals surface area contributed by atoms with Gasteiger partial charge >= 0.3 is 0 Å². The molecule has 0 aromatic carbocycles. The Balaban J connectivity index is 1.49. The van der Waals surface area contributed by atoms with Crippen molar-refractivity contribution < 1.29 is 4.79 Å². The second-order valence-corrected chi connectivity index (χ2v) is 8.43. The number of nitrogens with zero attached hydrogens (tertiary/aromatic N) is 4. The van der Waals surface area contributed by atoms with Gasteiger partial charge in [0.1, 0.15) is 10.6 Å². The molecule has 28 heavy (non-hydrogen) atoms. The molecule has 1 N–H and O–H groups in total. The van der Waals surface area contributed by atoms with Gasteiger partial charge in [-0.25, -0.2) is 9.67 Å². The summed E-state index contributed by atoms with van der Waals surface area (Å²) in [5.74, 6) is 0.552. The lowest BCUT2D eigenvalue weighted by Crippen LogP contribution is -2.24. The maximum atomic E-state index is 13.0. The van der Waals surface area contributed by atoms with Gasteiger partial charge in [-0.05, 0) is 44.6 Å². The van der Waals surface area contributed by atoms with Gasteiger partial charge in [-0.3, -0.25) is 14.2 Å². The van der Waals surface area contributed by atoms with Crippen molar-refractivity contribution in [3.8, 4) is 0 Å². The summed E-state index contributed by atoms with van der Waals surface area (Å²) in [4.78, 5) is 32.0. The molecule has 0 radical (unpaired) electrons. The number of anilines is 1. The van der Waals surface area contributed by atoms with E-state index in [0.717, 1.165) is 35.9 Å². The molecule has 3 heterocycles. The lowest BCUT2D eigenvalue weighted by molar-refractivity contribution is -0.116. The molecule has 0 saturated heterocycles. The van der Waals surface area contributed by atoms with Gasteiger partial charge in [0.05, 0.1) is 24.0 Å². The molecule has 0 saturated carbocycles. The Bertz CT molecular complexity index is 1060. The fourth-order valence-corrected chi connectivity index (χ4v) is 4.92. The summed E-state index contributed by atoms with van der Waals surface area (Å²) in [6.45, 7) is 4.46. The second kappa shape index (κ2) is 7.87. The summed E-state index contributed by atoms with van der Waals surface area (Å²) in [5, 5.41) is 7.95. The van der Waals surface area contributed by atoms with Crippen LogP contribution in [-0.2, 0) is 24.2 Å². The molecule has 7 nitrogen and oxygen atoms in total. The van der Waals surface area contributed by atoms with Crippen molar-refractivity contribution in [2.45, 2.75) is 65.0 Å². The number of fused-ring (bicyclic) bond motifs is 3. The summed E-state index contributed by atoms with van der Waals surface area (Å²) in [6, 6.07) is 2.01. The molecular formula is C20H25N5O2S. The van der Waals surface area contributed by atoms with E-state index in [9.17, 15) is 9.59 Å². The van der Waals surface area contributed by atoms with Crippen LogP contribution in [-0.4, -0.2) is 25.2 Å². The highest BCUT2D eigenvalue weighted by Crippen LogP contribution is 2.33. The standard InChI is InChI=1S/C20H25N5O2S/c1-3-13(2)25-16(8-10-22-25)23-17(26)9-11-24-12-21-19-18(20(24)27)14-6-4-5-7-15(14)28-19/h8,10,12-13H,3-7,9,11H2,1-2H3,(H,23,26). The van der Waals surface area contributed by atoms with Crippen molar-refractivity contribution in [3.63, 3.8) is 0 Å². The molecular weight excluding hydrogens is 374 g/mol. The number of carbonyl (C=O) groups is 1. The smallest absolute Gasteiger partial charge is 0.262 e. The van der Waals surface area contributed by atoms with E-state index in [2.05, 4.69) is 29.2 Å². The highest BCUT2D eigenvalue weighted by atomic mass is 32.1. The first kappa shape index (κ1) is 18.9. The molecule has 0 bridgehead atoms. The predicted molar refractivity (Wildman–Crippen MR) is 111 cm³/mol. The highest BCUT2D eigenvalue weighted by Gasteiger charge is 2.20. The molecule has 3 aromatic heterocycles.